The number of hydrogen-bond donors (Lipinski definition) is 2. The van der Waals surface area contributed by atoms with Gasteiger partial charge in [0.1, 0.15) is 0 Å². The summed E-state index contributed by atoms with van der Waals surface area (Å²) in [6.45, 7) is 8.02. The molecule has 1 heterocycles. The summed E-state index contributed by atoms with van der Waals surface area (Å²) >= 11 is 0. The van der Waals surface area contributed by atoms with E-state index < -0.39 is 0 Å². The summed E-state index contributed by atoms with van der Waals surface area (Å²) in [5, 5.41) is 5.17. The molecule has 3 N–H and O–H groups in total. The predicted octanol–water partition coefficient (Wildman–Crippen LogP) is 3.06. The summed E-state index contributed by atoms with van der Waals surface area (Å²) in [4.78, 5) is 0. The number of hydrogen-bond acceptors (Lipinski definition) is 3. The number of allylic oxidation sites excluding steroid dienone is 1. The molecular weight excluding hydrogens is 246 g/mol. The Balaban J connectivity index is 2.19. The zero-order valence-electron chi connectivity index (χ0n) is 12.4. The van der Waals surface area contributed by atoms with Gasteiger partial charge in [0.25, 0.3) is 0 Å². The summed E-state index contributed by atoms with van der Waals surface area (Å²) in [6, 6.07) is 2.25. The van der Waals surface area contributed by atoms with Gasteiger partial charge in [-0.1, -0.05) is 24.3 Å². The van der Waals surface area contributed by atoms with Gasteiger partial charge in [0.2, 0.25) is 0 Å². The number of fused-ring (bicyclic) bond motifs is 1. The van der Waals surface area contributed by atoms with Gasteiger partial charge in [-0.2, -0.15) is 0 Å². The zero-order chi connectivity index (χ0) is 14.3. The third-order valence-corrected chi connectivity index (χ3v) is 4.35. The molecule has 1 fully saturated rings. The minimum Gasteiger partial charge on any atom is -0.313 e. The van der Waals surface area contributed by atoms with Crippen molar-refractivity contribution in [3.63, 3.8) is 0 Å². The summed E-state index contributed by atoms with van der Waals surface area (Å²) in [5.74, 6) is 6.89. The third-order valence-electron chi connectivity index (χ3n) is 4.35. The molecule has 0 saturated heterocycles. The van der Waals surface area contributed by atoms with E-state index in [-0.39, 0.29) is 0 Å². The highest BCUT2D eigenvalue weighted by molar-refractivity contribution is 5.81. The largest absolute Gasteiger partial charge is 0.313 e. The first-order valence-corrected chi connectivity index (χ1v) is 7.30. The fourth-order valence-electron chi connectivity index (χ4n) is 3.09. The standard InChI is InChI=1S/C17H23N3/c1-4-12-8-14-9-19-10-16(14)17(20(3)18)15(12)7-11(2)13-5-6-13/h4,7-8,13,19H,1,5-6,9-10,18H2,2-3H3/b11-7+. The monoisotopic (exact) mass is 269 g/mol. The molecule has 0 aromatic heterocycles. The summed E-state index contributed by atoms with van der Waals surface area (Å²) in [7, 11) is 1.92. The molecule has 1 aromatic rings. The maximum absolute atomic E-state index is 6.12. The van der Waals surface area contributed by atoms with Gasteiger partial charge in [-0.25, -0.2) is 5.84 Å². The highest BCUT2D eigenvalue weighted by Gasteiger charge is 2.25. The minimum absolute atomic E-state index is 0.773. The molecular formula is C17H23N3. The molecule has 0 spiro atoms. The van der Waals surface area contributed by atoms with Crippen LogP contribution in [0.1, 0.15) is 42.0 Å². The topological polar surface area (TPSA) is 41.3 Å². The van der Waals surface area contributed by atoms with Crippen molar-refractivity contribution >= 4 is 17.8 Å². The molecule has 1 aliphatic heterocycles. The Bertz CT molecular complexity index is 580. The third kappa shape index (κ3) is 2.28. The number of nitrogens with one attached hydrogen (secondary N) is 1. The van der Waals surface area contributed by atoms with Gasteiger partial charge in [-0.3, -0.25) is 0 Å². The van der Waals surface area contributed by atoms with E-state index in [0.29, 0.717) is 0 Å². The highest BCUT2D eigenvalue weighted by atomic mass is 15.4. The van der Waals surface area contributed by atoms with Gasteiger partial charge < -0.3 is 10.3 Å². The van der Waals surface area contributed by atoms with Crippen LogP contribution in [0.3, 0.4) is 0 Å². The van der Waals surface area contributed by atoms with Crippen LogP contribution >= 0.6 is 0 Å². The van der Waals surface area contributed by atoms with Gasteiger partial charge in [0, 0.05) is 25.7 Å². The van der Waals surface area contributed by atoms with Gasteiger partial charge in [-0.15, -0.1) is 0 Å². The number of hydrazine groups is 1. The van der Waals surface area contributed by atoms with E-state index in [1.165, 1.54) is 40.7 Å². The van der Waals surface area contributed by atoms with Gasteiger partial charge in [0.15, 0.2) is 0 Å². The van der Waals surface area contributed by atoms with Crippen molar-refractivity contribution in [2.75, 3.05) is 12.1 Å². The number of rotatable bonds is 4. The fourth-order valence-corrected chi connectivity index (χ4v) is 3.09. The Morgan fingerprint density at radius 1 is 1.45 bits per heavy atom. The Hall–Kier alpha value is -1.58. The van der Waals surface area contributed by atoms with E-state index in [2.05, 4.69) is 31.0 Å². The smallest absolute Gasteiger partial charge is 0.0640 e. The van der Waals surface area contributed by atoms with Crippen molar-refractivity contribution in [2.24, 2.45) is 11.8 Å². The Morgan fingerprint density at radius 3 is 2.80 bits per heavy atom. The molecule has 0 bridgehead atoms. The Labute approximate surface area is 121 Å². The molecule has 1 aromatic carbocycles. The lowest BCUT2D eigenvalue weighted by Gasteiger charge is -2.22. The van der Waals surface area contributed by atoms with Crippen LogP contribution in [-0.4, -0.2) is 7.05 Å². The average molecular weight is 269 g/mol. The summed E-state index contributed by atoms with van der Waals surface area (Å²) < 4.78 is 0. The second-order valence-corrected chi connectivity index (χ2v) is 5.95. The van der Waals surface area contributed by atoms with Crippen molar-refractivity contribution in [1.29, 1.82) is 0 Å². The molecule has 0 radical (unpaired) electrons. The fraction of sp³-hybridized carbons (Fsp3) is 0.412. The van der Waals surface area contributed by atoms with Gasteiger partial charge >= 0.3 is 0 Å². The Morgan fingerprint density at radius 2 is 2.20 bits per heavy atom. The van der Waals surface area contributed by atoms with Crippen molar-refractivity contribution < 1.29 is 0 Å². The highest BCUT2D eigenvalue weighted by Crippen LogP contribution is 2.40. The van der Waals surface area contributed by atoms with E-state index in [1.807, 2.05) is 13.1 Å². The van der Waals surface area contributed by atoms with Crippen LogP contribution in [0.2, 0.25) is 0 Å². The van der Waals surface area contributed by atoms with E-state index in [0.717, 1.165) is 24.7 Å². The number of benzene rings is 1. The van der Waals surface area contributed by atoms with Crippen molar-refractivity contribution in [3.8, 4) is 0 Å². The van der Waals surface area contributed by atoms with Gasteiger partial charge in [0.05, 0.1) is 5.69 Å². The number of nitrogens with two attached hydrogens (primary N) is 1. The number of nitrogens with zero attached hydrogens (tertiary/aromatic N) is 1. The number of anilines is 1. The maximum atomic E-state index is 6.12. The second-order valence-electron chi connectivity index (χ2n) is 5.95. The normalized spacial score (nSPS) is 18.1. The van der Waals surface area contributed by atoms with E-state index >= 15 is 0 Å². The molecule has 0 amide bonds. The molecule has 1 aliphatic carbocycles. The maximum Gasteiger partial charge on any atom is 0.0640 e. The van der Waals surface area contributed by atoms with E-state index in [9.17, 15) is 0 Å². The molecule has 20 heavy (non-hydrogen) atoms. The lowest BCUT2D eigenvalue weighted by molar-refractivity contribution is 0.763. The second kappa shape index (κ2) is 5.08. The van der Waals surface area contributed by atoms with Crippen LogP contribution in [0.5, 0.6) is 0 Å². The summed E-state index contributed by atoms with van der Waals surface area (Å²) in [6.07, 6.45) is 6.90. The van der Waals surface area contributed by atoms with E-state index in [4.69, 9.17) is 5.84 Å². The van der Waals surface area contributed by atoms with Crippen molar-refractivity contribution in [1.82, 2.24) is 5.32 Å². The molecule has 2 aliphatic rings. The van der Waals surface area contributed by atoms with Crippen LogP contribution in [0.15, 0.2) is 18.2 Å². The Kier molecular flexibility index (Phi) is 3.40. The molecule has 0 unspecified atom stereocenters. The lowest BCUT2D eigenvalue weighted by Crippen LogP contribution is -2.27. The van der Waals surface area contributed by atoms with Crippen molar-refractivity contribution in [3.05, 3.63) is 40.5 Å². The minimum atomic E-state index is 0.773. The lowest BCUT2D eigenvalue weighted by atomic mass is 9.94. The predicted molar refractivity (Wildman–Crippen MR) is 86.0 cm³/mol. The van der Waals surface area contributed by atoms with Crippen LogP contribution < -0.4 is 16.2 Å². The molecule has 3 nitrogen and oxygen atoms in total. The average Bonchev–Trinajstić information content (AvgIpc) is 3.17. The van der Waals surface area contributed by atoms with Crippen LogP contribution in [0.25, 0.3) is 12.2 Å². The molecule has 3 heteroatoms. The van der Waals surface area contributed by atoms with Crippen LogP contribution in [-0.2, 0) is 13.1 Å². The zero-order valence-corrected chi connectivity index (χ0v) is 12.4. The van der Waals surface area contributed by atoms with Crippen LogP contribution in [0, 0.1) is 5.92 Å². The van der Waals surface area contributed by atoms with Crippen LogP contribution in [0.4, 0.5) is 5.69 Å². The van der Waals surface area contributed by atoms with Gasteiger partial charge in [-0.05, 0) is 48.4 Å². The summed E-state index contributed by atoms with van der Waals surface area (Å²) in [5.41, 5.74) is 7.67. The van der Waals surface area contributed by atoms with E-state index in [1.54, 1.807) is 5.01 Å². The first-order chi connectivity index (χ1) is 9.61. The molecule has 106 valence electrons. The molecule has 3 rings (SSSR count). The molecule has 0 atom stereocenters. The first-order valence-electron chi connectivity index (χ1n) is 7.30. The SMILES string of the molecule is C=Cc1cc2c(c(N(C)N)c1/C=C(\C)C1CC1)CNC2. The molecule has 1 saturated carbocycles. The van der Waals surface area contributed by atoms with Crippen molar-refractivity contribution in [2.45, 2.75) is 32.9 Å². The first kappa shape index (κ1) is 13.4. The quantitative estimate of drug-likeness (QED) is 0.652.